The van der Waals surface area contributed by atoms with E-state index in [1.165, 1.54) is 6.20 Å². The van der Waals surface area contributed by atoms with Crippen LogP contribution in [0.1, 0.15) is 60.4 Å². The van der Waals surface area contributed by atoms with E-state index in [1.54, 1.807) is 13.8 Å². The maximum absolute atomic E-state index is 12.4. The standard InChI is InChI=1S/C15H21N3O3/c1-10-12(9-16-11(2)17-10)13(19)18-15(14(20)21)7-5-3-4-6-8-15/h9H,3-8H2,1-2H3,(H,18,19)(H,20,21). The fourth-order valence-corrected chi connectivity index (χ4v) is 2.82. The Morgan fingerprint density at radius 1 is 1.19 bits per heavy atom. The third kappa shape index (κ3) is 3.37. The number of carbonyl (C=O) groups excluding carboxylic acids is 1. The molecule has 114 valence electrons. The predicted molar refractivity (Wildman–Crippen MR) is 77.0 cm³/mol. The van der Waals surface area contributed by atoms with Crippen LogP contribution in [0.2, 0.25) is 0 Å². The van der Waals surface area contributed by atoms with Gasteiger partial charge in [-0.15, -0.1) is 0 Å². The highest BCUT2D eigenvalue weighted by molar-refractivity contribution is 5.98. The first-order chi connectivity index (χ1) is 9.94. The average molecular weight is 291 g/mol. The Morgan fingerprint density at radius 2 is 1.81 bits per heavy atom. The molecular weight excluding hydrogens is 270 g/mol. The Bertz CT molecular complexity index is 549. The van der Waals surface area contributed by atoms with Crippen LogP contribution < -0.4 is 5.32 Å². The van der Waals surface area contributed by atoms with Crippen molar-refractivity contribution in [1.29, 1.82) is 0 Å². The van der Waals surface area contributed by atoms with Gasteiger partial charge in [0.15, 0.2) is 0 Å². The van der Waals surface area contributed by atoms with Gasteiger partial charge in [0.2, 0.25) is 0 Å². The summed E-state index contributed by atoms with van der Waals surface area (Å²) >= 11 is 0. The number of aryl methyl sites for hydroxylation is 2. The summed E-state index contributed by atoms with van der Waals surface area (Å²) in [5, 5.41) is 12.3. The van der Waals surface area contributed by atoms with E-state index in [-0.39, 0.29) is 0 Å². The molecule has 0 bridgehead atoms. The Balaban J connectivity index is 2.24. The smallest absolute Gasteiger partial charge is 0.329 e. The van der Waals surface area contributed by atoms with Crippen LogP contribution in [0, 0.1) is 13.8 Å². The summed E-state index contributed by atoms with van der Waals surface area (Å²) in [5.74, 6) is -0.772. The van der Waals surface area contributed by atoms with Crippen molar-refractivity contribution in [1.82, 2.24) is 15.3 Å². The van der Waals surface area contributed by atoms with E-state index >= 15 is 0 Å². The number of nitrogens with zero attached hydrogens (tertiary/aromatic N) is 2. The molecule has 0 aromatic carbocycles. The minimum atomic E-state index is -1.16. The Hall–Kier alpha value is -1.98. The molecule has 0 aliphatic heterocycles. The lowest BCUT2D eigenvalue weighted by molar-refractivity contribution is -0.145. The summed E-state index contributed by atoms with van der Waals surface area (Å²) in [6.07, 6.45) is 6.06. The fraction of sp³-hybridized carbons (Fsp3) is 0.600. The van der Waals surface area contributed by atoms with Crippen molar-refractivity contribution in [2.45, 2.75) is 57.9 Å². The van der Waals surface area contributed by atoms with Crippen molar-refractivity contribution in [2.75, 3.05) is 0 Å². The maximum atomic E-state index is 12.4. The minimum absolute atomic E-state index is 0.338. The second-order valence-corrected chi connectivity index (χ2v) is 5.67. The molecule has 1 aromatic heterocycles. The second kappa shape index (κ2) is 6.20. The van der Waals surface area contributed by atoms with Gasteiger partial charge >= 0.3 is 5.97 Å². The molecule has 0 radical (unpaired) electrons. The molecule has 2 N–H and O–H groups in total. The summed E-state index contributed by atoms with van der Waals surface area (Å²) in [6.45, 7) is 3.48. The van der Waals surface area contributed by atoms with Crippen LogP contribution in [0.3, 0.4) is 0 Å². The third-order valence-electron chi connectivity index (χ3n) is 4.06. The van der Waals surface area contributed by atoms with Crippen molar-refractivity contribution >= 4 is 11.9 Å². The first-order valence-corrected chi connectivity index (χ1v) is 7.31. The van der Waals surface area contributed by atoms with E-state index in [0.29, 0.717) is 29.9 Å². The van der Waals surface area contributed by atoms with Crippen LogP contribution in [0.25, 0.3) is 0 Å². The second-order valence-electron chi connectivity index (χ2n) is 5.67. The molecule has 1 amide bonds. The SMILES string of the molecule is Cc1ncc(C(=O)NC2(C(=O)O)CCCCCC2)c(C)n1. The van der Waals surface area contributed by atoms with E-state index < -0.39 is 17.4 Å². The molecular formula is C15H21N3O3. The van der Waals surface area contributed by atoms with Crippen LogP contribution in [0.4, 0.5) is 0 Å². The highest BCUT2D eigenvalue weighted by atomic mass is 16.4. The average Bonchev–Trinajstić information content (AvgIpc) is 2.65. The Morgan fingerprint density at radius 3 is 2.33 bits per heavy atom. The lowest BCUT2D eigenvalue weighted by atomic mass is 9.90. The quantitative estimate of drug-likeness (QED) is 0.831. The molecule has 0 spiro atoms. The van der Waals surface area contributed by atoms with Gasteiger partial charge < -0.3 is 10.4 Å². The highest BCUT2D eigenvalue weighted by Crippen LogP contribution is 2.28. The minimum Gasteiger partial charge on any atom is -0.480 e. The summed E-state index contributed by atoms with van der Waals surface area (Å²) in [6, 6.07) is 0. The zero-order chi connectivity index (χ0) is 15.5. The van der Waals surface area contributed by atoms with Crippen molar-refractivity contribution in [3.05, 3.63) is 23.3 Å². The van der Waals surface area contributed by atoms with Gasteiger partial charge in [0.25, 0.3) is 5.91 Å². The number of carboxylic acids is 1. The lowest BCUT2D eigenvalue weighted by Crippen LogP contribution is -2.54. The molecule has 0 atom stereocenters. The summed E-state index contributed by atoms with van der Waals surface area (Å²) < 4.78 is 0. The number of hydrogen-bond acceptors (Lipinski definition) is 4. The van der Waals surface area contributed by atoms with Gasteiger partial charge in [0.05, 0.1) is 11.3 Å². The fourth-order valence-electron chi connectivity index (χ4n) is 2.82. The first-order valence-electron chi connectivity index (χ1n) is 7.31. The van der Waals surface area contributed by atoms with Crippen molar-refractivity contribution < 1.29 is 14.7 Å². The molecule has 1 aliphatic rings. The van der Waals surface area contributed by atoms with Gasteiger partial charge in [-0.3, -0.25) is 4.79 Å². The highest BCUT2D eigenvalue weighted by Gasteiger charge is 2.40. The maximum Gasteiger partial charge on any atom is 0.329 e. The van der Waals surface area contributed by atoms with Crippen LogP contribution >= 0.6 is 0 Å². The summed E-state index contributed by atoms with van der Waals surface area (Å²) in [5.41, 5.74) is -0.259. The van der Waals surface area contributed by atoms with Gasteiger partial charge in [0, 0.05) is 6.20 Å². The van der Waals surface area contributed by atoms with E-state index in [2.05, 4.69) is 15.3 Å². The normalized spacial score (nSPS) is 17.8. The van der Waals surface area contributed by atoms with Gasteiger partial charge in [-0.05, 0) is 26.7 Å². The topological polar surface area (TPSA) is 92.2 Å². The van der Waals surface area contributed by atoms with E-state index in [1.807, 2.05) is 0 Å². The molecule has 6 nitrogen and oxygen atoms in total. The van der Waals surface area contributed by atoms with Crippen LogP contribution in [-0.4, -0.2) is 32.5 Å². The third-order valence-corrected chi connectivity index (χ3v) is 4.06. The zero-order valence-electron chi connectivity index (χ0n) is 12.5. The number of carbonyl (C=O) groups is 2. The summed E-state index contributed by atoms with van der Waals surface area (Å²) in [4.78, 5) is 32.3. The number of rotatable bonds is 3. The largest absolute Gasteiger partial charge is 0.480 e. The molecule has 6 heteroatoms. The Kier molecular flexibility index (Phi) is 4.55. The van der Waals surface area contributed by atoms with Gasteiger partial charge in [-0.1, -0.05) is 25.7 Å². The molecule has 1 heterocycles. The van der Waals surface area contributed by atoms with Crippen molar-refractivity contribution in [2.24, 2.45) is 0 Å². The number of aromatic nitrogens is 2. The van der Waals surface area contributed by atoms with Crippen LogP contribution in [0.5, 0.6) is 0 Å². The van der Waals surface area contributed by atoms with E-state index in [9.17, 15) is 14.7 Å². The number of amides is 1. The number of carboxylic acid groups (broad SMARTS) is 1. The molecule has 1 fully saturated rings. The molecule has 1 aromatic rings. The monoisotopic (exact) mass is 291 g/mol. The van der Waals surface area contributed by atoms with Crippen molar-refractivity contribution in [3.63, 3.8) is 0 Å². The molecule has 21 heavy (non-hydrogen) atoms. The Labute approximate surface area is 124 Å². The van der Waals surface area contributed by atoms with Gasteiger partial charge in [-0.25, -0.2) is 14.8 Å². The molecule has 2 rings (SSSR count). The van der Waals surface area contributed by atoms with Crippen molar-refractivity contribution in [3.8, 4) is 0 Å². The molecule has 1 aliphatic carbocycles. The van der Waals surface area contributed by atoms with Crippen LogP contribution in [-0.2, 0) is 4.79 Å². The molecule has 0 saturated heterocycles. The molecule has 1 saturated carbocycles. The zero-order valence-corrected chi connectivity index (χ0v) is 12.5. The summed E-state index contributed by atoms with van der Waals surface area (Å²) in [7, 11) is 0. The predicted octanol–water partition coefficient (Wildman–Crippen LogP) is 2.00. The van der Waals surface area contributed by atoms with Gasteiger partial charge in [0.1, 0.15) is 11.4 Å². The van der Waals surface area contributed by atoms with E-state index in [4.69, 9.17) is 0 Å². The van der Waals surface area contributed by atoms with E-state index in [0.717, 1.165) is 25.7 Å². The molecule has 0 unspecified atom stereocenters. The lowest BCUT2D eigenvalue weighted by Gasteiger charge is -2.29. The number of aliphatic carboxylic acids is 1. The van der Waals surface area contributed by atoms with Crippen LogP contribution in [0.15, 0.2) is 6.20 Å². The number of nitrogens with one attached hydrogen (secondary N) is 1. The number of hydrogen-bond donors (Lipinski definition) is 2. The van der Waals surface area contributed by atoms with Gasteiger partial charge in [-0.2, -0.15) is 0 Å². The first kappa shape index (κ1) is 15.4.